The first-order valence-electron chi connectivity index (χ1n) is 6.14. The van der Waals surface area contributed by atoms with Crippen LogP contribution in [0, 0.1) is 10.1 Å². The lowest BCUT2D eigenvalue weighted by atomic mass is 10.1. The summed E-state index contributed by atoms with van der Waals surface area (Å²) in [6.45, 7) is 2.17. The summed E-state index contributed by atoms with van der Waals surface area (Å²) >= 11 is 0. The third-order valence-electron chi connectivity index (χ3n) is 2.35. The fraction of sp³-hybridized carbons (Fsp3) is 0.286. The highest BCUT2D eigenvalue weighted by Crippen LogP contribution is 2.12. The number of carbonyl (C=O) groups is 2. The van der Waals surface area contributed by atoms with Crippen LogP contribution in [0.1, 0.15) is 25.3 Å². The molecule has 0 amide bonds. The number of non-ortho nitro benzene ring substituents is 1. The van der Waals surface area contributed by atoms with Crippen LogP contribution < -0.4 is 0 Å². The number of rotatable bonds is 7. The number of hydrogen-bond donors (Lipinski definition) is 0. The minimum Gasteiger partial charge on any atom is -0.465 e. The van der Waals surface area contributed by atoms with Crippen molar-refractivity contribution < 1.29 is 19.2 Å². The van der Waals surface area contributed by atoms with Crippen molar-refractivity contribution in [3.8, 4) is 0 Å². The Kier molecular flexibility index (Phi) is 6.09. The fourth-order valence-electron chi connectivity index (χ4n) is 1.36. The van der Waals surface area contributed by atoms with E-state index in [0.717, 1.165) is 0 Å². The van der Waals surface area contributed by atoms with E-state index in [0.29, 0.717) is 18.6 Å². The van der Waals surface area contributed by atoms with Gasteiger partial charge in [0.05, 0.1) is 11.5 Å². The van der Waals surface area contributed by atoms with Crippen LogP contribution in [0.5, 0.6) is 0 Å². The maximum atomic E-state index is 11.5. The predicted molar refractivity (Wildman–Crippen MR) is 73.0 cm³/mol. The van der Waals surface area contributed by atoms with Crippen LogP contribution in [0.25, 0.3) is 6.08 Å². The predicted octanol–water partition coefficient (Wildman–Crippen LogP) is 2.52. The maximum Gasteiger partial charge on any atom is 0.313 e. The van der Waals surface area contributed by atoms with E-state index < -0.39 is 10.9 Å². The average molecular weight is 277 g/mol. The molecule has 0 N–H and O–H groups in total. The Morgan fingerprint density at radius 1 is 1.30 bits per heavy atom. The van der Waals surface area contributed by atoms with Crippen molar-refractivity contribution in [2.24, 2.45) is 0 Å². The Balaban J connectivity index is 2.52. The number of esters is 1. The highest BCUT2D eigenvalue weighted by Gasteiger charge is 2.07. The van der Waals surface area contributed by atoms with Gasteiger partial charge in [0.2, 0.25) is 0 Å². The molecule has 0 radical (unpaired) electrons. The van der Waals surface area contributed by atoms with Gasteiger partial charge in [-0.3, -0.25) is 19.7 Å². The molecule has 106 valence electrons. The molecule has 0 saturated heterocycles. The van der Waals surface area contributed by atoms with E-state index in [2.05, 4.69) is 0 Å². The largest absolute Gasteiger partial charge is 0.465 e. The van der Waals surface area contributed by atoms with Gasteiger partial charge in [0.1, 0.15) is 6.42 Å². The summed E-state index contributed by atoms with van der Waals surface area (Å²) < 4.78 is 4.79. The Labute approximate surface area is 116 Å². The van der Waals surface area contributed by atoms with Gasteiger partial charge in [-0.2, -0.15) is 0 Å². The lowest BCUT2D eigenvalue weighted by Crippen LogP contribution is -2.09. The van der Waals surface area contributed by atoms with Crippen molar-refractivity contribution in [2.45, 2.75) is 19.8 Å². The number of benzene rings is 1. The summed E-state index contributed by atoms with van der Waals surface area (Å²) in [5, 5.41) is 10.5. The van der Waals surface area contributed by atoms with E-state index >= 15 is 0 Å². The molecule has 6 heteroatoms. The molecule has 0 fully saturated rings. The number of nitro groups is 1. The van der Waals surface area contributed by atoms with Crippen LogP contribution in [0.3, 0.4) is 0 Å². The quantitative estimate of drug-likeness (QED) is 0.251. The summed E-state index contributed by atoms with van der Waals surface area (Å²) in [5.74, 6) is -0.922. The van der Waals surface area contributed by atoms with E-state index in [1.165, 1.54) is 36.4 Å². The average Bonchev–Trinajstić information content (AvgIpc) is 2.43. The second-order valence-electron chi connectivity index (χ2n) is 4.05. The lowest BCUT2D eigenvalue weighted by Gasteiger charge is -2.00. The SMILES string of the molecule is CCCOC(=O)CC(=O)C=Cc1ccc([N+](=O)[O-])cc1. The van der Waals surface area contributed by atoms with E-state index in [9.17, 15) is 19.7 Å². The summed E-state index contributed by atoms with van der Waals surface area (Å²) in [7, 11) is 0. The monoisotopic (exact) mass is 277 g/mol. The molecule has 0 atom stereocenters. The Morgan fingerprint density at radius 3 is 2.50 bits per heavy atom. The topological polar surface area (TPSA) is 86.5 Å². The third-order valence-corrected chi connectivity index (χ3v) is 2.35. The molecule has 0 aliphatic rings. The number of hydrogen-bond acceptors (Lipinski definition) is 5. The zero-order valence-electron chi connectivity index (χ0n) is 11.1. The van der Waals surface area contributed by atoms with Crippen LogP contribution in [-0.2, 0) is 14.3 Å². The molecule has 0 unspecified atom stereocenters. The highest BCUT2D eigenvalue weighted by molar-refractivity contribution is 6.03. The van der Waals surface area contributed by atoms with Gasteiger partial charge in [-0.1, -0.05) is 13.0 Å². The van der Waals surface area contributed by atoms with Crippen molar-refractivity contribution >= 4 is 23.5 Å². The number of ketones is 1. The summed E-state index contributed by atoms with van der Waals surface area (Å²) in [5.41, 5.74) is 0.627. The molecule has 1 rings (SSSR count). The summed E-state index contributed by atoms with van der Waals surface area (Å²) in [6.07, 6.45) is 3.16. The Bertz CT molecular complexity index is 519. The van der Waals surface area contributed by atoms with Crippen molar-refractivity contribution in [3.05, 3.63) is 46.0 Å². The Hall–Kier alpha value is -2.50. The van der Waals surface area contributed by atoms with Gasteiger partial charge >= 0.3 is 5.97 Å². The van der Waals surface area contributed by atoms with E-state index in [1.54, 1.807) is 0 Å². The normalized spacial score (nSPS) is 10.4. The standard InChI is InChI=1S/C14H15NO5/c1-2-9-20-14(17)10-13(16)8-5-11-3-6-12(7-4-11)15(18)19/h3-8H,2,9-10H2,1H3. The third kappa shape index (κ3) is 5.43. The van der Waals surface area contributed by atoms with Crippen molar-refractivity contribution in [1.82, 2.24) is 0 Å². The molecule has 0 aromatic heterocycles. The number of ether oxygens (including phenoxy) is 1. The molecule has 0 spiro atoms. The minimum atomic E-state index is -0.551. The first-order valence-corrected chi connectivity index (χ1v) is 6.14. The number of carbonyl (C=O) groups excluding carboxylic acids is 2. The number of nitrogens with zero attached hydrogens (tertiary/aromatic N) is 1. The number of allylic oxidation sites excluding steroid dienone is 1. The Morgan fingerprint density at radius 2 is 1.95 bits per heavy atom. The highest BCUT2D eigenvalue weighted by atomic mass is 16.6. The van der Waals surface area contributed by atoms with Gasteiger partial charge in [-0.05, 0) is 30.2 Å². The summed E-state index contributed by atoms with van der Waals surface area (Å²) in [6, 6.07) is 5.74. The van der Waals surface area contributed by atoms with Gasteiger partial charge in [0.25, 0.3) is 5.69 Å². The molecule has 6 nitrogen and oxygen atoms in total. The van der Waals surface area contributed by atoms with Crippen molar-refractivity contribution in [1.29, 1.82) is 0 Å². The zero-order valence-corrected chi connectivity index (χ0v) is 11.1. The first kappa shape index (κ1) is 15.6. The summed E-state index contributed by atoms with van der Waals surface area (Å²) in [4.78, 5) is 32.6. The molecule has 0 aliphatic heterocycles. The van der Waals surface area contributed by atoms with E-state index in [4.69, 9.17) is 4.74 Å². The fourth-order valence-corrected chi connectivity index (χ4v) is 1.36. The molecular weight excluding hydrogens is 262 g/mol. The molecule has 0 saturated carbocycles. The molecule has 0 bridgehead atoms. The van der Waals surface area contributed by atoms with Gasteiger partial charge in [-0.15, -0.1) is 0 Å². The van der Waals surface area contributed by atoms with Crippen LogP contribution >= 0.6 is 0 Å². The first-order chi connectivity index (χ1) is 9.52. The zero-order chi connectivity index (χ0) is 15.0. The second kappa shape index (κ2) is 7.83. The van der Waals surface area contributed by atoms with Gasteiger partial charge in [-0.25, -0.2) is 0 Å². The molecule has 1 aromatic carbocycles. The van der Waals surface area contributed by atoms with E-state index in [1.807, 2.05) is 6.92 Å². The molecule has 20 heavy (non-hydrogen) atoms. The minimum absolute atomic E-state index is 0.0170. The second-order valence-corrected chi connectivity index (χ2v) is 4.05. The van der Waals surface area contributed by atoms with Crippen LogP contribution in [0.15, 0.2) is 30.3 Å². The molecule has 0 heterocycles. The van der Waals surface area contributed by atoms with E-state index in [-0.39, 0.29) is 17.9 Å². The lowest BCUT2D eigenvalue weighted by molar-refractivity contribution is -0.384. The van der Waals surface area contributed by atoms with Gasteiger partial charge in [0.15, 0.2) is 5.78 Å². The molecular formula is C14H15NO5. The van der Waals surface area contributed by atoms with Gasteiger partial charge in [0, 0.05) is 12.1 Å². The smallest absolute Gasteiger partial charge is 0.313 e. The van der Waals surface area contributed by atoms with Crippen LogP contribution in [0.2, 0.25) is 0 Å². The van der Waals surface area contributed by atoms with Crippen molar-refractivity contribution in [2.75, 3.05) is 6.61 Å². The van der Waals surface area contributed by atoms with Crippen LogP contribution in [-0.4, -0.2) is 23.3 Å². The maximum absolute atomic E-state index is 11.5. The molecule has 0 aliphatic carbocycles. The molecule has 1 aromatic rings. The van der Waals surface area contributed by atoms with Crippen LogP contribution in [0.4, 0.5) is 5.69 Å². The van der Waals surface area contributed by atoms with Gasteiger partial charge < -0.3 is 4.74 Å². The number of nitro benzene ring substituents is 1. The van der Waals surface area contributed by atoms with Crippen molar-refractivity contribution in [3.63, 3.8) is 0 Å².